The lowest BCUT2D eigenvalue weighted by Crippen LogP contribution is -2.42. The molecule has 8 nitrogen and oxygen atoms in total. The monoisotopic (exact) mass is 617 g/mol. The standard InChI is InChI=1S/C18H22F3N5O.C6H8N2.HI/c1-9-8-26(4-5-27-9)17-24-14(12-6-13(7-12)18(19,20)21)15-16(25-17)23-11(3)10(2)22-15;1-4-7-8(5-1)6-2-3-6;/h9,12-13H,4-8H2,1-3H3;1,4-6H,2-3H2;1H/t9-,12?,13?;;/m0../s1. The molecule has 0 unspecified atom stereocenters. The molecule has 0 spiro atoms. The summed E-state index contributed by atoms with van der Waals surface area (Å²) in [6, 6.07) is 2.71. The Hall–Kier alpha value is -2.09. The van der Waals surface area contributed by atoms with Gasteiger partial charge in [0.25, 0.3) is 0 Å². The van der Waals surface area contributed by atoms with Crippen LogP contribution in [0.25, 0.3) is 11.2 Å². The van der Waals surface area contributed by atoms with Crippen molar-refractivity contribution in [3.05, 3.63) is 35.5 Å². The predicted octanol–water partition coefficient (Wildman–Crippen LogP) is 5.15. The van der Waals surface area contributed by atoms with Gasteiger partial charge in [-0.1, -0.05) is 0 Å². The molecular weight excluding hydrogens is 586 g/mol. The summed E-state index contributed by atoms with van der Waals surface area (Å²) in [5, 5.41) is 4.09. The summed E-state index contributed by atoms with van der Waals surface area (Å²) in [6.07, 6.45) is 2.48. The molecule has 1 atom stereocenters. The topological polar surface area (TPSA) is 81.8 Å². The SMILES string of the molecule is Cc1nc2nc(N3CCO[C@@H](C)C3)nc(C3CC(C(F)(F)F)C3)c2nc1C.I.c1cnn(C2CC2)c1. The van der Waals surface area contributed by atoms with E-state index in [0.717, 1.165) is 17.4 Å². The van der Waals surface area contributed by atoms with Crippen molar-refractivity contribution in [1.29, 1.82) is 0 Å². The Bertz CT molecular complexity index is 1180. The van der Waals surface area contributed by atoms with Crippen LogP contribution in [0.15, 0.2) is 18.5 Å². The molecule has 36 heavy (non-hydrogen) atoms. The molecule has 3 fully saturated rings. The fraction of sp³-hybridized carbons (Fsp3) is 0.625. The smallest absolute Gasteiger partial charge is 0.375 e. The molecule has 3 aromatic heterocycles. The van der Waals surface area contributed by atoms with Gasteiger partial charge in [0, 0.05) is 31.4 Å². The van der Waals surface area contributed by atoms with Crippen LogP contribution < -0.4 is 4.90 Å². The molecule has 6 rings (SSSR count). The van der Waals surface area contributed by atoms with Gasteiger partial charge >= 0.3 is 6.18 Å². The van der Waals surface area contributed by atoms with Gasteiger partial charge in [-0.05, 0) is 52.5 Å². The van der Waals surface area contributed by atoms with Gasteiger partial charge in [0.2, 0.25) is 5.95 Å². The molecule has 1 aliphatic heterocycles. The number of hydrogen-bond donors (Lipinski definition) is 0. The maximum Gasteiger partial charge on any atom is 0.391 e. The molecule has 196 valence electrons. The highest BCUT2D eigenvalue weighted by Gasteiger charge is 2.49. The van der Waals surface area contributed by atoms with E-state index in [-0.39, 0.29) is 48.8 Å². The number of nitrogens with zero attached hydrogens (tertiary/aromatic N) is 7. The van der Waals surface area contributed by atoms with Crippen LogP contribution in [0.3, 0.4) is 0 Å². The third-order valence-corrected chi connectivity index (χ3v) is 6.91. The number of hydrogen-bond acceptors (Lipinski definition) is 7. The lowest BCUT2D eigenvalue weighted by atomic mass is 9.72. The molecular formula is C24H31F3IN7O. The average Bonchev–Trinajstić information content (AvgIpc) is 3.47. The summed E-state index contributed by atoms with van der Waals surface area (Å²) in [4.78, 5) is 20.3. The first-order valence-corrected chi connectivity index (χ1v) is 12.1. The highest BCUT2D eigenvalue weighted by Crippen LogP contribution is 2.50. The molecule has 0 bridgehead atoms. The lowest BCUT2D eigenvalue weighted by Gasteiger charge is -2.37. The fourth-order valence-electron chi connectivity index (χ4n) is 4.49. The summed E-state index contributed by atoms with van der Waals surface area (Å²) in [7, 11) is 0. The number of aromatic nitrogens is 6. The molecule has 0 N–H and O–H groups in total. The summed E-state index contributed by atoms with van der Waals surface area (Å²) < 4.78 is 46.4. The molecule has 12 heteroatoms. The Morgan fingerprint density at radius 2 is 1.75 bits per heavy atom. The van der Waals surface area contributed by atoms with E-state index < -0.39 is 12.1 Å². The third-order valence-electron chi connectivity index (χ3n) is 6.91. The highest BCUT2D eigenvalue weighted by molar-refractivity contribution is 14.0. The Morgan fingerprint density at radius 3 is 2.36 bits per heavy atom. The van der Waals surface area contributed by atoms with Crippen LogP contribution in [0.2, 0.25) is 0 Å². The van der Waals surface area contributed by atoms with Gasteiger partial charge in [0.15, 0.2) is 5.65 Å². The summed E-state index contributed by atoms with van der Waals surface area (Å²) in [5.41, 5.74) is 3.06. The van der Waals surface area contributed by atoms with Crippen molar-refractivity contribution in [2.45, 2.75) is 70.7 Å². The van der Waals surface area contributed by atoms with Gasteiger partial charge in [-0.15, -0.1) is 24.0 Å². The van der Waals surface area contributed by atoms with Crippen LogP contribution in [0.1, 0.15) is 61.6 Å². The normalized spacial score (nSPS) is 23.9. The number of ether oxygens (including phenoxy) is 1. The van der Waals surface area contributed by atoms with Crippen molar-refractivity contribution < 1.29 is 17.9 Å². The highest BCUT2D eigenvalue weighted by atomic mass is 127. The second-order valence-electron chi connectivity index (χ2n) is 9.73. The van der Waals surface area contributed by atoms with E-state index in [1.54, 1.807) is 0 Å². The van der Waals surface area contributed by atoms with Crippen LogP contribution in [-0.4, -0.2) is 61.7 Å². The zero-order chi connectivity index (χ0) is 24.7. The molecule has 0 amide bonds. The quantitative estimate of drug-likeness (QED) is 0.376. The number of alkyl halides is 3. The molecule has 3 aliphatic rings. The first-order chi connectivity index (χ1) is 16.7. The van der Waals surface area contributed by atoms with Gasteiger partial charge in [-0.25, -0.2) is 15.0 Å². The molecule has 0 radical (unpaired) electrons. The maximum atomic E-state index is 13.0. The molecule has 4 heterocycles. The van der Waals surface area contributed by atoms with Crippen molar-refractivity contribution >= 4 is 41.1 Å². The minimum Gasteiger partial charge on any atom is -0.375 e. The largest absolute Gasteiger partial charge is 0.391 e. The van der Waals surface area contributed by atoms with Crippen molar-refractivity contribution in [2.24, 2.45) is 5.92 Å². The lowest BCUT2D eigenvalue weighted by molar-refractivity contribution is -0.197. The molecule has 2 aliphatic carbocycles. The van der Waals surface area contributed by atoms with Crippen molar-refractivity contribution in [3.63, 3.8) is 0 Å². The Balaban J connectivity index is 0.000000285. The summed E-state index contributed by atoms with van der Waals surface area (Å²) >= 11 is 0. The Labute approximate surface area is 225 Å². The number of anilines is 1. The van der Waals surface area contributed by atoms with E-state index in [9.17, 15) is 13.2 Å². The van der Waals surface area contributed by atoms with Crippen molar-refractivity contribution in [1.82, 2.24) is 29.7 Å². The van der Waals surface area contributed by atoms with Gasteiger partial charge in [-0.3, -0.25) is 4.68 Å². The zero-order valence-corrected chi connectivity index (χ0v) is 22.9. The number of halogens is 4. The van der Waals surface area contributed by atoms with E-state index in [2.05, 4.69) is 25.0 Å². The van der Waals surface area contributed by atoms with Crippen LogP contribution in [0.5, 0.6) is 0 Å². The zero-order valence-electron chi connectivity index (χ0n) is 20.6. The van der Waals surface area contributed by atoms with E-state index in [4.69, 9.17) is 4.74 Å². The van der Waals surface area contributed by atoms with E-state index in [0.29, 0.717) is 42.5 Å². The third kappa shape index (κ3) is 5.90. The minimum atomic E-state index is -4.15. The molecule has 1 saturated heterocycles. The van der Waals surface area contributed by atoms with Gasteiger partial charge in [-0.2, -0.15) is 23.3 Å². The second-order valence-corrected chi connectivity index (χ2v) is 9.73. The number of rotatable bonds is 3. The first-order valence-electron chi connectivity index (χ1n) is 12.1. The summed E-state index contributed by atoms with van der Waals surface area (Å²) in [5.74, 6) is -1.03. The maximum absolute atomic E-state index is 13.0. The molecule has 2 saturated carbocycles. The Morgan fingerprint density at radius 1 is 1.03 bits per heavy atom. The number of fused-ring (bicyclic) bond motifs is 1. The van der Waals surface area contributed by atoms with Crippen molar-refractivity contribution in [2.75, 3.05) is 24.6 Å². The fourth-order valence-corrected chi connectivity index (χ4v) is 4.49. The van der Waals surface area contributed by atoms with Gasteiger partial charge < -0.3 is 9.64 Å². The van der Waals surface area contributed by atoms with Crippen LogP contribution in [0, 0.1) is 19.8 Å². The number of morpholine rings is 1. The molecule has 3 aromatic rings. The summed E-state index contributed by atoms with van der Waals surface area (Å²) in [6.45, 7) is 7.51. The average molecular weight is 617 g/mol. The second kappa shape index (κ2) is 10.7. The van der Waals surface area contributed by atoms with E-state index in [1.165, 1.54) is 12.8 Å². The van der Waals surface area contributed by atoms with Crippen molar-refractivity contribution in [3.8, 4) is 0 Å². The predicted molar refractivity (Wildman–Crippen MR) is 140 cm³/mol. The van der Waals surface area contributed by atoms with Crippen LogP contribution >= 0.6 is 24.0 Å². The molecule has 0 aromatic carbocycles. The van der Waals surface area contributed by atoms with Crippen LogP contribution in [-0.2, 0) is 4.74 Å². The van der Waals surface area contributed by atoms with Gasteiger partial charge in [0.05, 0.1) is 41.8 Å². The minimum absolute atomic E-state index is 0. The van der Waals surface area contributed by atoms with E-state index in [1.807, 2.05) is 48.8 Å². The first kappa shape index (κ1) is 27.0. The Kier molecular flexibility index (Phi) is 8.03. The number of aryl methyl sites for hydroxylation is 2. The van der Waals surface area contributed by atoms with Crippen LogP contribution in [0.4, 0.5) is 19.1 Å². The van der Waals surface area contributed by atoms with Gasteiger partial charge in [0.1, 0.15) is 5.52 Å². The van der Waals surface area contributed by atoms with E-state index >= 15 is 0 Å².